The summed E-state index contributed by atoms with van der Waals surface area (Å²) in [5.74, 6) is 0.648. The predicted octanol–water partition coefficient (Wildman–Crippen LogP) is 3.97. The minimum Gasteiger partial charge on any atom is -0.482 e. The molecular weight excluding hydrogens is 400 g/mol. The van der Waals surface area contributed by atoms with Gasteiger partial charge in [0.1, 0.15) is 17.4 Å². The Kier molecular flexibility index (Phi) is 4.72. The number of hydrogen-bond donors (Lipinski definition) is 1. The lowest BCUT2D eigenvalue weighted by Crippen LogP contribution is -2.31. The summed E-state index contributed by atoms with van der Waals surface area (Å²) in [6.45, 7) is 4.91. The van der Waals surface area contributed by atoms with E-state index < -0.39 is 0 Å². The van der Waals surface area contributed by atoms with Crippen LogP contribution in [0.15, 0.2) is 42.9 Å². The summed E-state index contributed by atoms with van der Waals surface area (Å²) in [6, 6.07) is 7.96. The van der Waals surface area contributed by atoms with Gasteiger partial charge in [-0.15, -0.1) is 0 Å². The van der Waals surface area contributed by atoms with Crippen LogP contribution in [0.1, 0.15) is 36.4 Å². The maximum absolute atomic E-state index is 6.42. The lowest BCUT2D eigenvalue weighted by Gasteiger charge is -2.19. The highest BCUT2D eigenvalue weighted by atomic mass is 35.5. The van der Waals surface area contributed by atoms with E-state index in [9.17, 15) is 0 Å². The van der Waals surface area contributed by atoms with Crippen molar-refractivity contribution in [2.24, 2.45) is 5.73 Å². The van der Waals surface area contributed by atoms with Crippen LogP contribution in [0.25, 0.3) is 16.8 Å². The zero-order valence-electron chi connectivity index (χ0n) is 16.9. The maximum atomic E-state index is 6.42. The van der Waals surface area contributed by atoms with Crippen molar-refractivity contribution in [3.8, 4) is 17.0 Å². The molecule has 4 aromatic rings. The first kappa shape index (κ1) is 19.1. The number of pyridine rings is 2. The van der Waals surface area contributed by atoms with Gasteiger partial charge in [-0.05, 0) is 44.0 Å². The molecule has 2 unspecified atom stereocenters. The van der Waals surface area contributed by atoms with E-state index in [1.165, 1.54) is 5.69 Å². The molecule has 0 aromatic carbocycles. The molecule has 0 amide bonds. The topological polar surface area (TPSA) is 83.3 Å². The molecule has 154 valence electrons. The number of rotatable bonds is 4. The fourth-order valence-corrected chi connectivity index (χ4v) is 4.30. The third kappa shape index (κ3) is 3.24. The predicted molar refractivity (Wildman–Crippen MR) is 116 cm³/mol. The van der Waals surface area contributed by atoms with Gasteiger partial charge in [0, 0.05) is 42.7 Å². The third-order valence-corrected chi connectivity index (χ3v) is 5.98. The smallest absolute Gasteiger partial charge is 0.148 e. The minimum atomic E-state index is -0.245. The number of aromatic nitrogens is 5. The van der Waals surface area contributed by atoms with E-state index >= 15 is 0 Å². The molecule has 0 saturated carbocycles. The number of aryl methyl sites for hydroxylation is 1. The quantitative estimate of drug-likeness (QED) is 0.538. The molecule has 5 heterocycles. The van der Waals surface area contributed by atoms with Crippen molar-refractivity contribution in [3.05, 3.63) is 64.8 Å². The summed E-state index contributed by atoms with van der Waals surface area (Å²) in [6.07, 6.45) is 6.87. The molecule has 2 atom stereocenters. The van der Waals surface area contributed by atoms with Crippen molar-refractivity contribution in [2.45, 2.75) is 45.4 Å². The van der Waals surface area contributed by atoms with Crippen molar-refractivity contribution in [1.82, 2.24) is 24.4 Å². The van der Waals surface area contributed by atoms with Gasteiger partial charge in [-0.1, -0.05) is 17.7 Å². The number of fused-ring (bicyclic) bond motifs is 2. The first-order valence-electron chi connectivity index (χ1n) is 10.1. The number of nitrogens with zero attached hydrogens (tertiary/aromatic N) is 5. The Morgan fingerprint density at radius 1 is 1.33 bits per heavy atom. The van der Waals surface area contributed by atoms with E-state index in [1.54, 1.807) is 16.9 Å². The fraction of sp³-hybridized carbons (Fsp3) is 0.318. The highest BCUT2D eigenvalue weighted by molar-refractivity contribution is 6.34. The van der Waals surface area contributed by atoms with E-state index in [1.807, 2.05) is 37.4 Å². The largest absolute Gasteiger partial charge is 0.482 e. The number of ether oxygens (including phenoxy) is 1. The van der Waals surface area contributed by atoms with Crippen LogP contribution in [-0.2, 0) is 13.0 Å². The molecule has 0 spiro atoms. The van der Waals surface area contributed by atoms with Crippen LogP contribution >= 0.6 is 11.6 Å². The number of nitrogens with two attached hydrogens (primary N) is 1. The average molecular weight is 423 g/mol. The Labute approximate surface area is 179 Å². The van der Waals surface area contributed by atoms with E-state index in [0.717, 1.165) is 47.4 Å². The Morgan fingerprint density at radius 2 is 2.20 bits per heavy atom. The van der Waals surface area contributed by atoms with Gasteiger partial charge in [-0.25, -0.2) is 4.52 Å². The van der Waals surface area contributed by atoms with Gasteiger partial charge in [0.05, 0.1) is 22.6 Å². The minimum absolute atomic E-state index is 0.186. The van der Waals surface area contributed by atoms with Gasteiger partial charge in [-0.3, -0.25) is 9.67 Å². The molecule has 2 N–H and O–H groups in total. The normalized spacial score (nSPS) is 17.1. The van der Waals surface area contributed by atoms with Crippen LogP contribution in [0.5, 0.6) is 5.75 Å². The van der Waals surface area contributed by atoms with E-state index in [4.69, 9.17) is 27.2 Å². The van der Waals surface area contributed by atoms with Crippen molar-refractivity contribution in [3.63, 3.8) is 0 Å². The van der Waals surface area contributed by atoms with Gasteiger partial charge in [0.15, 0.2) is 0 Å². The Hall–Kier alpha value is -2.90. The SMILES string of the molecule is Cc1c(-c2cc(OC(C)c3ccccn3)c3c(Cl)cnn3c2)nn2c1CC(N)CC2. The molecular formula is C22H23ClN6O. The van der Waals surface area contributed by atoms with Crippen LogP contribution in [0.4, 0.5) is 0 Å². The van der Waals surface area contributed by atoms with Crippen molar-refractivity contribution >= 4 is 17.1 Å². The van der Waals surface area contributed by atoms with Crippen LogP contribution in [0.2, 0.25) is 5.02 Å². The van der Waals surface area contributed by atoms with E-state index in [2.05, 4.69) is 21.7 Å². The average Bonchev–Trinajstić information content (AvgIpc) is 3.29. The monoisotopic (exact) mass is 422 g/mol. The second kappa shape index (κ2) is 7.41. The van der Waals surface area contributed by atoms with Gasteiger partial charge in [0.2, 0.25) is 0 Å². The maximum Gasteiger partial charge on any atom is 0.148 e. The molecule has 0 fully saturated rings. The lowest BCUT2D eigenvalue weighted by molar-refractivity contribution is 0.224. The molecule has 7 nitrogen and oxygen atoms in total. The number of halogens is 1. The van der Waals surface area contributed by atoms with Gasteiger partial charge < -0.3 is 10.5 Å². The first-order chi connectivity index (χ1) is 14.5. The Morgan fingerprint density at radius 3 is 3.00 bits per heavy atom. The van der Waals surface area contributed by atoms with Crippen LogP contribution in [-0.4, -0.2) is 30.4 Å². The summed E-state index contributed by atoms with van der Waals surface area (Å²) in [7, 11) is 0. The van der Waals surface area contributed by atoms with E-state index in [0.29, 0.717) is 10.8 Å². The molecule has 0 saturated heterocycles. The molecule has 4 aromatic heterocycles. The summed E-state index contributed by atoms with van der Waals surface area (Å²) in [5.41, 5.74) is 12.0. The number of hydrogen-bond acceptors (Lipinski definition) is 5. The zero-order chi connectivity index (χ0) is 20.8. The van der Waals surface area contributed by atoms with Crippen LogP contribution in [0.3, 0.4) is 0 Å². The third-order valence-electron chi connectivity index (χ3n) is 5.70. The summed E-state index contributed by atoms with van der Waals surface area (Å²) < 4.78 is 10.1. The van der Waals surface area contributed by atoms with Gasteiger partial charge in [0.25, 0.3) is 0 Å². The zero-order valence-corrected chi connectivity index (χ0v) is 17.7. The van der Waals surface area contributed by atoms with Crippen molar-refractivity contribution < 1.29 is 4.74 Å². The van der Waals surface area contributed by atoms with Gasteiger partial charge in [-0.2, -0.15) is 10.2 Å². The molecule has 8 heteroatoms. The van der Waals surface area contributed by atoms with Crippen molar-refractivity contribution in [2.75, 3.05) is 0 Å². The molecule has 0 aliphatic carbocycles. The molecule has 0 bridgehead atoms. The Bertz CT molecular complexity index is 1220. The second-order valence-electron chi connectivity index (χ2n) is 7.79. The molecule has 5 rings (SSSR count). The van der Waals surface area contributed by atoms with Crippen molar-refractivity contribution in [1.29, 1.82) is 0 Å². The van der Waals surface area contributed by atoms with Crippen LogP contribution in [0, 0.1) is 6.92 Å². The summed E-state index contributed by atoms with van der Waals surface area (Å²) >= 11 is 6.42. The Balaban J connectivity index is 1.60. The van der Waals surface area contributed by atoms with Gasteiger partial charge >= 0.3 is 0 Å². The van der Waals surface area contributed by atoms with E-state index in [-0.39, 0.29) is 12.1 Å². The molecule has 30 heavy (non-hydrogen) atoms. The first-order valence-corrected chi connectivity index (χ1v) is 10.5. The highest BCUT2D eigenvalue weighted by Gasteiger charge is 2.24. The lowest BCUT2D eigenvalue weighted by atomic mass is 10.0. The summed E-state index contributed by atoms with van der Waals surface area (Å²) in [4.78, 5) is 4.40. The fourth-order valence-electron chi connectivity index (χ4n) is 4.08. The standard InChI is InChI=1S/C22H23ClN6O/c1-13-19-10-16(24)6-8-28(19)27-21(13)15-9-20(22-17(23)11-26-29(22)12-15)30-14(2)18-5-3-4-7-25-18/h3-5,7,9,11-12,14,16H,6,8,10,24H2,1-2H3. The molecule has 1 aliphatic heterocycles. The van der Waals surface area contributed by atoms with Crippen LogP contribution < -0.4 is 10.5 Å². The summed E-state index contributed by atoms with van der Waals surface area (Å²) in [5, 5.41) is 9.81. The highest BCUT2D eigenvalue weighted by Crippen LogP contribution is 2.36. The second-order valence-corrected chi connectivity index (χ2v) is 8.20. The molecule has 0 radical (unpaired) electrons. The molecule has 1 aliphatic rings.